The van der Waals surface area contributed by atoms with E-state index < -0.39 is 0 Å². The summed E-state index contributed by atoms with van der Waals surface area (Å²) in [6, 6.07) is 8.90. The molecule has 1 aromatic rings. The molecule has 1 aromatic carbocycles. The number of benzene rings is 1. The van der Waals surface area contributed by atoms with Crippen LogP contribution in [0.3, 0.4) is 0 Å². The van der Waals surface area contributed by atoms with Crippen LogP contribution in [-0.4, -0.2) is 42.8 Å². The molecule has 0 saturated carbocycles. The molecule has 2 rings (SSSR count). The molecule has 1 aliphatic heterocycles. The third-order valence-electron chi connectivity index (χ3n) is 4.28. The highest BCUT2D eigenvalue weighted by atomic mass is 79.9. The molecule has 4 heteroatoms. The van der Waals surface area contributed by atoms with Crippen molar-refractivity contribution < 1.29 is 5.11 Å². The molecule has 1 saturated heterocycles. The van der Waals surface area contributed by atoms with Crippen molar-refractivity contribution in [2.45, 2.75) is 32.2 Å². The summed E-state index contributed by atoms with van der Waals surface area (Å²) in [6.45, 7) is 6.85. The van der Waals surface area contributed by atoms with Crippen LogP contribution in [0, 0.1) is 5.92 Å². The second-order valence-electron chi connectivity index (χ2n) is 5.95. The van der Waals surface area contributed by atoms with Crippen molar-refractivity contribution in [3.05, 3.63) is 34.3 Å². The molecular formula is C17H27BrN2O. The zero-order valence-corrected chi connectivity index (χ0v) is 14.5. The molecule has 118 valence electrons. The lowest BCUT2D eigenvalue weighted by atomic mass is 10.0. The summed E-state index contributed by atoms with van der Waals surface area (Å²) >= 11 is 3.68. The lowest BCUT2D eigenvalue weighted by Crippen LogP contribution is -2.29. The van der Waals surface area contributed by atoms with Crippen molar-refractivity contribution in [2.75, 3.05) is 32.8 Å². The van der Waals surface area contributed by atoms with Gasteiger partial charge in [0.05, 0.1) is 0 Å². The van der Waals surface area contributed by atoms with E-state index in [2.05, 4.69) is 57.3 Å². The molecule has 1 aliphatic rings. The molecule has 1 heterocycles. The predicted molar refractivity (Wildman–Crippen MR) is 91.4 cm³/mol. The van der Waals surface area contributed by atoms with Gasteiger partial charge in [-0.3, -0.25) is 0 Å². The molecule has 21 heavy (non-hydrogen) atoms. The first-order chi connectivity index (χ1) is 10.2. The van der Waals surface area contributed by atoms with Crippen LogP contribution in [0.2, 0.25) is 0 Å². The van der Waals surface area contributed by atoms with Gasteiger partial charge in [-0.25, -0.2) is 0 Å². The molecule has 1 fully saturated rings. The number of nitrogens with zero attached hydrogens (tertiary/aromatic N) is 1. The largest absolute Gasteiger partial charge is 0.396 e. The number of hydrogen-bond acceptors (Lipinski definition) is 3. The maximum Gasteiger partial charge on any atom is 0.0471 e. The molecule has 0 radical (unpaired) electrons. The maximum absolute atomic E-state index is 9.25. The topological polar surface area (TPSA) is 35.5 Å². The van der Waals surface area contributed by atoms with E-state index >= 15 is 0 Å². The van der Waals surface area contributed by atoms with Gasteiger partial charge in [-0.15, -0.1) is 0 Å². The number of aliphatic hydroxyl groups excluding tert-OH is 1. The summed E-state index contributed by atoms with van der Waals surface area (Å²) in [7, 11) is 0. The highest BCUT2D eigenvalue weighted by molar-refractivity contribution is 9.10. The van der Waals surface area contributed by atoms with Gasteiger partial charge in [0.1, 0.15) is 0 Å². The standard InChI is InChI=1S/C17H27BrN2O/c1-2-9-19-17(15-5-3-4-6-16(15)18)8-11-20-10-7-14(12-20)13-21/h3-6,14,17,19,21H,2,7-13H2,1H3. The van der Waals surface area contributed by atoms with Crippen molar-refractivity contribution in [1.82, 2.24) is 10.2 Å². The molecule has 2 unspecified atom stereocenters. The molecule has 0 bridgehead atoms. The van der Waals surface area contributed by atoms with E-state index in [1.165, 1.54) is 10.0 Å². The van der Waals surface area contributed by atoms with Crippen LogP contribution in [-0.2, 0) is 0 Å². The minimum absolute atomic E-state index is 0.332. The Morgan fingerprint density at radius 3 is 2.90 bits per heavy atom. The van der Waals surface area contributed by atoms with Gasteiger partial charge in [0.15, 0.2) is 0 Å². The van der Waals surface area contributed by atoms with Crippen molar-refractivity contribution in [2.24, 2.45) is 5.92 Å². The number of nitrogens with one attached hydrogen (secondary N) is 1. The van der Waals surface area contributed by atoms with Crippen LogP contribution < -0.4 is 5.32 Å². The van der Waals surface area contributed by atoms with Gasteiger partial charge < -0.3 is 15.3 Å². The average Bonchev–Trinajstić information content (AvgIpc) is 2.96. The summed E-state index contributed by atoms with van der Waals surface area (Å²) < 4.78 is 1.19. The van der Waals surface area contributed by atoms with Gasteiger partial charge in [-0.05, 0) is 56.4 Å². The molecule has 2 atom stereocenters. The highest BCUT2D eigenvalue weighted by Gasteiger charge is 2.22. The lowest BCUT2D eigenvalue weighted by Gasteiger charge is -2.23. The Bertz CT molecular complexity index is 427. The van der Waals surface area contributed by atoms with Gasteiger partial charge in [-0.1, -0.05) is 41.1 Å². The smallest absolute Gasteiger partial charge is 0.0471 e. The summed E-state index contributed by atoms with van der Waals surface area (Å²) in [5, 5.41) is 12.9. The van der Waals surface area contributed by atoms with Crippen molar-refractivity contribution >= 4 is 15.9 Å². The Morgan fingerprint density at radius 2 is 2.24 bits per heavy atom. The number of likely N-dealkylation sites (tertiary alicyclic amines) is 1. The summed E-state index contributed by atoms with van der Waals surface area (Å²) in [5.41, 5.74) is 1.35. The summed E-state index contributed by atoms with van der Waals surface area (Å²) in [6.07, 6.45) is 3.40. The SMILES string of the molecule is CCCNC(CCN1CCC(CO)C1)c1ccccc1Br. The van der Waals surface area contributed by atoms with E-state index in [0.29, 0.717) is 18.6 Å². The van der Waals surface area contributed by atoms with Gasteiger partial charge in [0, 0.05) is 23.7 Å². The van der Waals surface area contributed by atoms with Crippen LogP contribution in [0.25, 0.3) is 0 Å². The predicted octanol–water partition coefficient (Wildman–Crippen LogP) is 3.19. The van der Waals surface area contributed by atoms with E-state index in [-0.39, 0.29) is 0 Å². The van der Waals surface area contributed by atoms with Gasteiger partial charge in [0.25, 0.3) is 0 Å². The first-order valence-electron chi connectivity index (χ1n) is 8.05. The van der Waals surface area contributed by atoms with Crippen molar-refractivity contribution in [1.29, 1.82) is 0 Å². The minimum atomic E-state index is 0.332. The fourth-order valence-electron chi connectivity index (χ4n) is 3.02. The fraction of sp³-hybridized carbons (Fsp3) is 0.647. The Labute approximate surface area is 136 Å². The summed E-state index contributed by atoms with van der Waals surface area (Å²) in [4.78, 5) is 2.48. The minimum Gasteiger partial charge on any atom is -0.396 e. The van der Waals surface area contributed by atoms with Gasteiger partial charge in [0.2, 0.25) is 0 Å². The Morgan fingerprint density at radius 1 is 1.43 bits per heavy atom. The highest BCUT2D eigenvalue weighted by Crippen LogP contribution is 2.26. The van der Waals surface area contributed by atoms with Crippen LogP contribution in [0.15, 0.2) is 28.7 Å². The molecule has 0 aliphatic carbocycles. The fourth-order valence-corrected chi connectivity index (χ4v) is 3.58. The normalized spacial score (nSPS) is 20.8. The number of aliphatic hydroxyl groups is 1. The van der Waals surface area contributed by atoms with Crippen LogP contribution >= 0.6 is 15.9 Å². The van der Waals surface area contributed by atoms with E-state index in [1.54, 1.807) is 0 Å². The average molecular weight is 355 g/mol. The van der Waals surface area contributed by atoms with Crippen LogP contribution in [0.5, 0.6) is 0 Å². The van der Waals surface area contributed by atoms with E-state index in [9.17, 15) is 5.11 Å². The second-order valence-corrected chi connectivity index (χ2v) is 6.81. The Kier molecular flexibility index (Phi) is 7.17. The second kappa shape index (κ2) is 8.89. The third-order valence-corrected chi connectivity index (χ3v) is 5.01. The zero-order chi connectivity index (χ0) is 15.1. The van der Waals surface area contributed by atoms with Crippen molar-refractivity contribution in [3.8, 4) is 0 Å². The van der Waals surface area contributed by atoms with Crippen molar-refractivity contribution in [3.63, 3.8) is 0 Å². The molecular weight excluding hydrogens is 328 g/mol. The third kappa shape index (κ3) is 5.06. The first kappa shape index (κ1) is 16.9. The van der Waals surface area contributed by atoms with Crippen LogP contribution in [0.4, 0.5) is 0 Å². The van der Waals surface area contributed by atoms with E-state index in [4.69, 9.17) is 0 Å². The lowest BCUT2D eigenvalue weighted by molar-refractivity contribution is 0.219. The number of hydrogen-bond donors (Lipinski definition) is 2. The molecule has 3 nitrogen and oxygen atoms in total. The Hall–Kier alpha value is -0.420. The van der Waals surface area contributed by atoms with E-state index in [1.807, 2.05) is 0 Å². The molecule has 0 aromatic heterocycles. The van der Waals surface area contributed by atoms with Crippen LogP contribution in [0.1, 0.15) is 37.8 Å². The Balaban J connectivity index is 1.92. The quantitative estimate of drug-likeness (QED) is 0.752. The van der Waals surface area contributed by atoms with Gasteiger partial charge >= 0.3 is 0 Å². The zero-order valence-electron chi connectivity index (χ0n) is 12.9. The number of halogens is 1. The molecule has 2 N–H and O–H groups in total. The van der Waals surface area contributed by atoms with E-state index in [0.717, 1.165) is 45.4 Å². The monoisotopic (exact) mass is 354 g/mol. The van der Waals surface area contributed by atoms with Gasteiger partial charge in [-0.2, -0.15) is 0 Å². The first-order valence-corrected chi connectivity index (χ1v) is 8.85. The summed E-state index contributed by atoms with van der Waals surface area (Å²) in [5.74, 6) is 0.482. The molecule has 0 spiro atoms. The number of rotatable bonds is 8. The molecule has 0 amide bonds. The maximum atomic E-state index is 9.25.